The molecule has 2 atom stereocenters. The summed E-state index contributed by atoms with van der Waals surface area (Å²) in [6.07, 6.45) is 5.48. The van der Waals surface area contributed by atoms with Gasteiger partial charge in [-0.25, -0.2) is 40.0 Å². The number of rotatable bonds is 15. The normalized spacial score (nSPS) is 18.3. The molecule has 2 aliphatic carbocycles. The molecule has 6 aromatic carbocycles. The van der Waals surface area contributed by atoms with E-state index in [0.717, 1.165) is 39.9 Å². The first-order chi connectivity index (χ1) is 36.8. The van der Waals surface area contributed by atoms with Crippen LogP contribution in [0.3, 0.4) is 0 Å². The average Bonchev–Trinajstić information content (AvgIpc) is 3.83. The second-order valence-corrected chi connectivity index (χ2v) is 22.9. The summed E-state index contributed by atoms with van der Waals surface area (Å²) in [5, 5.41) is 5.97. The zero-order chi connectivity index (χ0) is 55.3. The lowest BCUT2D eigenvalue weighted by Gasteiger charge is -2.29. The third kappa shape index (κ3) is 15.5. The molecule has 0 unspecified atom stereocenters. The van der Waals surface area contributed by atoms with E-state index in [2.05, 4.69) is 20.1 Å². The van der Waals surface area contributed by atoms with Crippen LogP contribution in [0, 0.1) is 23.5 Å². The van der Waals surface area contributed by atoms with E-state index in [4.69, 9.17) is 16.5 Å². The molecule has 0 saturated heterocycles. The number of aromatic nitrogens is 2. The number of nitrogens with zero attached hydrogens (tertiary/aromatic N) is 2. The van der Waals surface area contributed by atoms with Gasteiger partial charge in [-0.05, 0) is 137 Å². The summed E-state index contributed by atoms with van der Waals surface area (Å²) >= 11 is 0. The fourth-order valence-electron chi connectivity index (χ4n) is 9.50. The van der Waals surface area contributed by atoms with E-state index in [1.54, 1.807) is 60.7 Å². The van der Waals surface area contributed by atoms with E-state index < -0.39 is 20.0 Å². The van der Waals surface area contributed by atoms with Gasteiger partial charge in [0.2, 0.25) is 31.9 Å². The van der Waals surface area contributed by atoms with Crippen molar-refractivity contribution in [3.8, 4) is 11.4 Å². The first-order valence-electron chi connectivity index (χ1n) is 25.6. The van der Waals surface area contributed by atoms with Gasteiger partial charge in [-0.2, -0.15) is 0 Å². The van der Waals surface area contributed by atoms with Crippen LogP contribution < -0.4 is 31.5 Å². The molecule has 7 aromatic rings. The molecule has 15 nitrogen and oxygen atoms in total. The first-order valence-corrected chi connectivity index (χ1v) is 28.6. The minimum absolute atomic E-state index is 0.0574. The van der Waals surface area contributed by atoms with Gasteiger partial charge in [0.15, 0.2) is 0 Å². The smallest absolute Gasteiger partial charge is 0.240 e. The monoisotopic (exact) mass is 1090 g/mol. The maximum atomic E-state index is 13.2. The van der Waals surface area contributed by atoms with Gasteiger partial charge in [-0.1, -0.05) is 91.0 Å². The lowest BCUT2D eigenvalue weighted by atomic mass is 9.85. The molecule has 406 valence electrons. The number of nitrogens with two attached hydrogens (primary N) is 2. The number of sulfonamides is 2. The molecule has 2 amide bonds. The fourth-order valence-corrected chi connectivity index (χ4v) is 12.2. The highest BCUT2D eigenvalue weighted by atomic mass is 32.2. The molecule has 1 aromatic heterocycles. The summed E-state index contributed by atoms with van der Waals surface area (Å²) in [6.45, 7) is 3.96. The number of aryl methyl sites for hydroxylation is 1. The van der Waals surface area contributed by atoms with E-state index in [9.17, 15) is 40.0 Å². The van der Waals surface area contributed by atoms with Crippen molar-refractivity contribution in [2.45, 2.75) is 106 Å². The van der Waals surface area contributed by atoms with Crippen molar-refractivity contribution in [1.82, 2.24) is 29.6 Å². The van der Waals surface area contributed by atoms with Crippen LogP contribution in [0.5, 0.6) is 0 Å². The zero-order valence-electron chi connectivity index (χ0n) is 43.2. The summed E-state index contributed by atoms with van der Waals surface area (Å²) in [4.78, 5) is 40.4. The van der Waals surface area contributed by atoms with E-state index in [1.165, 1.54) is 36.4 Å². The number of nitrogens with one attached hydrogen (secondary N) is 4. The van der Waals surface area contributed by atoms with Crippen LogP contribution in [0.15, 0.2) is 155 Å². The molecule has 2 aliphatic rings. The maximum Gasteiger partial charge on any atom is 0.240 e. The summed E-state index contributed by atoms with van der Waals surface area (Å²) in [6, 6.07) is 39.6. The summed E-state index contributed by atoms with van der Waals surface area (Å²) in [5.41, 5.74) is 17.3. The number of imidazole rings is 1. The second-order valence-electron chi connectivity index (χ2n) is 19.5. The Bertz CT molecular complexity index is 3330. The van der Waals surface area contributed by atoms with Crippen LogP contribution >= 0.6 is 0 Å². The number of halogens is 2. The Kier molecular flexibility index (Phi) is 19.6. The van der Waals surface area contributed by atoms with Crippen LogP contribution in [-0.4, -0.2) is 56.6 Å². The predicted octanol–water partition coefficient (Wildman–Crippen LogP) is 9.17. The van der Waals surface area contributed by atoms with E-state index in [1.807, 2.05) is 74.0 Å². The minimum Gasteiger partial charge on any atom is -0.398 e. The van der Waals surface area contributed by atoms with Gasteiger partial charge in [-0.3, -0.25) is 14.4 Å². The Hall–Kier alpha value is -7.16. The highest BCUT2D eigenvalue weighted by Crippen LogP contribution is 2.30. The Labute approximate surface area is 449 Å². The van der Waals surface area contributed by atoms with Crippen molar-refractivity contribution in [1.29, 1.82) is 0 Å². The second kappa shape index (κ2) is 26.3. The number of hydrogen-bond acceptors (Lipinski definition) is 10. The third-order valence-electron chi connectivity index (χ3n) is 14.1. The number of hydrogen-bond donors (Lipinski definition) is 6. The Morgan fingerprint density at radius 2 is 1.08 bits per heavy atom. The van der Waals surface area contributed by atoms with Gasteiger partial charge in [0.05, 0.1) is 32.9 Å². The highest BCUT2D eigenvalue weighted by Gasteiger charge is 2.32. The topological polar surface area (TPSA) is 237 Å². The number of aldehydes is 1. The molecular weight excluding hydrogens is 1020 g/mol. The van der Waals surface area contributed by atoms with Crippen LogP contribution in [0.1, 0.15) is 104 Å². The van der Waals surface area contributed by atoms with Gasteiger partial charge in [0, 0.05) is 54.3 Å². The molecule has 8 N–H and O–H groups in total. The SMILES string of the molecule is C[C@@H](NC(=O)C1CCC(NS(=O)(=O)c2ccc(CN)c(N)c2)CC1)c1ccc(F)cc1.C[C@@H](NC(=O)C1CCC(NS(=O)(=O)c2ccc3c(c2)nc(-c2ccccc2)n3C)CC1)c1ccc(F)cc1.O=Cc1ccccc1. The lowest BCUT2D eigenvalue weighted by Crippen LogP contribution is -2.41. The van der Waals surface area contributed by atoms with Crippen molar-refractivity contribution in [2.75, 3.05) is 5.73 Å². The summed E-state index contributed by atoms with van der Waals surface area (Å²) < 4.78 is 85.5. The average molecular weight is 1090 g/mol. The maximum absolute atomic E-state index is 13.2. The molecule has 2 fully saturated rings. The van der Waals surface area contributed by atoms with Crippen LogP contribution in [0.4, 0.5) is 14.5 Å². The molecule has 19 heteroatoms. The summed E-state index contributed by atoms with van der Waals surface area (Å²) in [5.74, 6) is -0.344. The zero-order valence-corrected chi connectivity index (χ0v) is 44.9. The number of nitrogen functional groups attached to an aromatic ring is 1. The van der Waals surface area contributed by atoms with Crippen molar-refractivity contribution >= 4 is 54.9 Å². The third-order valence-corrected chi connectivity index (χ3v) is 17.1. The van der Waals surface area contributed by atoms with Gasteiger partial charge >= 0.3 is 0 Å². The number of fused-ring (bicyclic) bond motifs is 1. The largest absolute Gasteiger partial charge is 0.398 e. The molecule has 0 spiro atoms. The molecule has 9 rings (SSSR count). The van der Waals surface area contributed by atoms with Crippen LogP contribution in [0.2, 0.25) is 0 Å². The molecule has 0 aliphatic heterocycles. The van der Waals surface area contributed by atoms with Crippen LogP contribution in [-0.2, 0) is 43.2 Å². The highest BCUT2D eigenvalue weighted by molar-refractivity contribution is 7.89. The quantitative estimate of drug-likeness (QED) is 0.0420. The Morgan fingerprint density at radius 1 is 0.636 bits per heavy atom. The minimum atomic E-state index is -3.75. The molecule has 1 heterocycles. The van der Waals surface area contributed by atoms with Crippen molar-refractivity contribution < 1.29 is 40.0 Å². The van der Waals surface area contributed by atoms with E-state index in [-0.39, 0.29) is 75.8 Å². The number of anilines is 1. The predicted molar refractivity (Wildman–Crippen MR) is 295 cm³/mol. The van der Waals surface area contributed by atoms with E-state index >= 15 is 0 Å². The number of amides is 2. The standard InChI is InChI=1S/C29H31FN4O3S.C22H29FN4O3S.C7H6O/c1-19(20-8-12-23(30)13-9-20)31-29(35)22-10-14-24(15-11-22)33-38(36,37)25-16-17-27-26(18-25)32-28(34(27)2)21-6-4-3-5-7-21;1-14(15-2-7-18(23)8-3-15)26-22(28)16-4-9-19(10-5-16)27-31(29,30)20-11-6-17(13-24)21(25)12-20;8-6-7-4-2-1-3-5-7/h3-9,12-13,16-19,22,24,33H,10-11,14-15H2,1-2H3,(H,31,35);2-3,6-8,11-12,14,16,19,27H,4-5,9-10,13,24-25H2,1H3,(H,26,28);1-6H/t19-,22?,24?;14-,16?,19?;/m11./s1. The Morgan fingerprint density at radius 3 is 1.51 bits per heavy atom. The number of benzene rings is 6. The van der Waals surface area contributed by atoms with Gasteiger partial charge in [-0.15, -0.1) is 0 Å². The molecule has 2 saturated carbocycles. The number of carbonyl (C=O) groups is 3. The van der Waals surface area contributed by atoms with Crippen molar-refractivity contribution in [3.63, 3.8) is 0 Å². The summed E-state index contributed by atoms with van der Waals surface area (Å²) in [7, 11) is -5.54. The molecule has 0 radical (unpaired) electrons. The van der Waals surface area contributed by atoms with Crippen molar-refractivity contribution in [2.24, 2.45) is 24.6 Å². The van der Waals surface area contributed by atoms with Crippen LogP contribution in [0.25, 0.3) is 22.4 Å². The van der Waals surface area contributed by atoms with Gasteiger partial charge in [0.25, 0.3) is 0 Å². The van der Waals surface area contributed by atoms with Gasteiger partial charge < -0.3 is 26.7 Å². The first kappa shape index (κ1) is 57.5. The van der Waals surface area contributed by atoms with Gasteiger partial charge in [0.1, 0.15) is 23.7 Å². The molecule has 77 heavy (non-hydrogen) atoms. The van der Waals surface area contributed by atoms with E-state index in [0.29, 0.717) is 68.1 Å². The molecular formula is C58H66F2N8O7S2. The Balaban J connectivity index is 0.000000198. The lowest BCUT2D eigenvalue weighted by molar-refractivity contribution is -0.127. The fraction of sp³-hybridized carbons (Fsp3) is 0.310. The molecule has 0 bridgehead atoms. The number of carbonyl (C=O) groups excluding carboxylic acids is 3. The van der Waals surface area contributed by atoms with Crippen molar-refractivity contribution in [3.05, 3.63) is 179 Å².